The van der Waals surface area contributed by atoms with Crippen molar-refractivity contribution in [2.75, 3.05) is 19.6 Å². The predicted octanol–water partition coefficient (Wildman–Crippen LogP) is -0.378. The molecule has 0 radical (unpaired) electrons. The number of hydrogen-bond donors (Lipinski definition) is 1. The highest BCUT2D eigenvalue weighted by atomic mass is 32.1. The number of nitriles is 2. The van der Waals surface area contributed by atoms with E-state index in [2.05, 4.69) is 12.2 Å². The number of nitrogens with zero attached hydrogens (tertiary/aromatic N) is 3. The minimum atomic E-state index is 0.185. The first-order valence-electron chi connectivity index (χ1n) is 2.95. The van der Waals surface area contributed by atoms with Crippen LogP contribution >= 0.6 is 12.2 Å². The second kappa shape index (κ2) is 5.60. The molecule has 58 valence electrons. The largest absolute Gasteiger partial charge is 0.392 e. The molecule has 11 heavy (non-hydrogen) atoms. The maximum Gasteiger partial charge on any atom is 0.0877 e. The lowest BCUT2D eigenvalue weighted by Gasteiger charge is -2.12. The zero-order chi connectivity index (χ0) is 8.69. The van der Waals surface area contributed by atoms with Gasteiger partial charge in [0.25, 0.3) is 0 Å². The SMILES string of the molecule is N#CCN(CC#N)CC(N)=S. The monoisotopic (exact) mass is 168 g/mol. The van der Waals surface area contributed by atoms with Crippen LogP contribution in [0.15, 0.2) is 0 Å². The van der Waals surface area contributed by atoms with E-state index in [1.807, 2.05) is 12.1 Å². The average Bonchev–Trinajstić information content (AvgIpc) is 1.87. The van der Waals surface area contributed by atoms with Gasteiger partial charge >= 0.3 is 0 Å². The van der Waals surface area contributed by atoms with Crippen molar-refractivity contribution in [2.24, 2.45) is 5.73 Å². The molecule has 0 bridgehead atoms. The molecule has 0 rings (SSSR count). The van der Waals surface area contributed by atoms with Crippen LogP contribution in [0.4, 0.5) is 0 Å². The van der Waals surface area contributed by atoms with Crippen molar-refractivity contribution in [3.63, 3.8) is 0 Å². The Labute approximate surface area is 70.8 Å². The summed E-state index contributed by atoms with van der Waals surface area (Å²) in [7, 11) is 0. The van der Waals surface area contributed by atoms with Crippen molar-refractivity contribution in [2.45, 2.75) is 0 Å². The zero-order valence-corrected chi connectivity index (χ0v) is 6.77. The van der Waals surface area contributed by atoms with E-state index in [1.165, 1.54) is 0 Å². The van der Waals surface area contributed by atoms with Gasteiger partial charge in [0, 0.05) is 0 Å². The minimum Gasteiger partial charge on any atom is -0.392 e. The van der Waals surface area contributed by atoms with E-state index in [-0.39, 0.29) is 13.1 Å². The highest BCUT2D eigenvalue weighted by molar-refractivity contribution is 7.80. The van der Waals surface area contributed by atoms with Gasteiger partial charge in [0.15, 0.2) is 0 Å². The fourth-order valence-electron chi connectivity index (χ4n) is 0.588. The van der Waals surface area contributed by atoms with E-state index < -0.39 is 0 Å². The zero-order valence-electron chi connectivity index (χ0n) is 5.95. The Morgan fingerprint density at radius 1 is 1.36 bits per heavy atom. The first kappa shape index (κ1) is 9.83. The van der Waals surface area contributed by atoms with Gasteiger partial charge in [0.1, 0.15) is 0 Å². The summed E-state index contributed by atoms with van der Waals surface area (Å²) in [5, 5.41) is 16.6. The fraction of sp³-hybridized carbons (Fsp3) is 0.500. The summed E-state index contributed by atoms with van der Waals surface area (Å²) in [4.78, 5) is 1.87. The molecule has 0 amide bonds. The molecule has 0 aromatic carbocycles. The summed E-state index contributed by atoms with van der Waals surface area (Å²) in [6.07, 6.45) is 0. The molecular weight excluding hydrogens is 160 g/mol. The van der Waals surface area contributed by atoms with Gasteiger partial charge in [0.05, 0.1) is 36.8 Å². The number of nitrogens with two attached hydrogens (primary N) is 1. The van der Waals surface area contributed by atoms with E-state index in [0.29, 0.717) is 11.5 Å². The summed E-state index contributed by atoms with van der Waals surface area (Å²) in [5.74, 6) is 0. The Balaban J connectivity index is 3.82. The smallest absolute Gasteiger partial charge is 0.0877 e. The molecule has 0 aromatic rings. The van der Waals surface area contributed by atoms with Crippen molar-refractivity contribution in [1.29, 1.82) is 10.5 Å². The molecule has 0 aliphatic carbocycles. The topological polar surface area (TPSA) is 76.8 Å². The van der Waals surface area contributed by atoms with Crippen LogP contribution in [0.2, 0.25) is 0 Å². The molecule has 0 heterocycles. The fourth-order valence-corrected chi connectivity index (χ4v) is 0.771. The number of hydrogen-bond acceptors (Lipinski definition) is 4. The second-order valence-electron chi connectivity index (χ2n) is 1.93. The van der Waals surface area contributed by atoms with Gasteiger partial charge in [-0.1, -0.05) is 12.2 Å². The van der Waals surface area contributed by atoms with Crippen molar-refractivity contribution >= 4 is 17.2 Å². The second-order valence-corrected chi connectivity index (χ2v) is 2.45. The van der Waals surface area contributed by atoms with Crippen LogP contribution in [-0.4, -0.2) is 29.5 Å². The third kappa shape index (κ3) is 5.28. The molecule has 0 spiro atoms. The van der Waals surface area contributed by atoms with Gasteiger partial charge in [-0.3, -0.25) is 4.90 Å². The van der Waals surface area contributed by atoms with Crippen molar-refractivity contribution in [3.8, 4) is 12.1 Å². The quantitative estimate of drug-likeness (QED) is 0.457. The van der Waals surface area contributed by atoms with Crippen LogP contribution in [0.3, 0.4) is 0 Å². The maximum absolute atomic E-state index is 8.29. The van der Waals surface area contributed by atoms with E-state index in [1.54, 1.807) is 4.90 Å². The molecule has 0 aromatic heterocycles. The Kier molecular flexibility index (Phi) is 5.01. The maximum atomic E-state index is 8.29. The number of rotatable bonds is 4. The predicted molar refractivity (Wildman–Crippen MR) is 44.5 cm³/mol. The van der Waals surface area contributed by atoms with Gasteiger partial charge in [-0.05, 0) is 0 Å². The first-order valence-corrected chi connectivity index (χ1v) is 3.36. The third-order valence-corrected chi connectivity index (χ3v) is 1.10. The van der Waals surface area contributed by atoms with Gasteiger partial charge < -0.3 is 5.73 Å². The van der Waals surface area contributed by atoms with E-state index in [0.717, 1.165) is 0 Å². The van der Waals surface area contributed by atoms with Gasteiger partial charge in [-0.25, -0.2) is 0 Å². The molecule has 4 nitrogen and oxygen atoms in total. The molecule has 0 atom stereocenters. The lowest BCUT2D eigenvalue weighted by Crippen LogP contribution is -2.33. The summed E-state index contributed by atoms with van der Waals surface area (Å²) in [6, 6.07) is 3.84. The van der Waals surface area contributed by atoms with Gasteiger partial charge in [0.2, 0.25) is 0 Å². The molecule has 2 N–H and O–H groups in total. The first-order chi connectivity index (χ1) is 5.20. The Morgan fingerprint density at radius 2 is 1.82 bits per heavy atom. The highest BCUT2D eigenvalue weighted by Gasteiger charge is 2.03. The summed E-state index contributed by atoms with van der Waals surface area (Å²) >= 11 is 4.62. The summed E-state index contributed by atoms with van der Waals surface area (Å²) < 4.78 is 0. The van der Waals surface area contributed by atoms with E-state index in [4.69, 9.17) is 16.3 Å². The Bertz CT molecular complexity index is 196. The van der Waals surface area contributed by atoms with Gasteiger partial charge in [-0.2, -0.15) is 10.5 Å². The standard InChI is InChI=1S/C6H8N4S/c7-1-3-10(4-2-8)5-6(9)11/h3-5H2,(H2,9,11). The molecule has 0 unspecified atom stereocenters. The lowest BCUT2D eigenvalue weighted by molar-refractivity contribution is 0.392. The van der Waals surface area contributed by atoms with Crippen molar-refractivity contribution < 1.29 is 0 Å². The Morgan fingerprint density at radius 3 is 2.09 bits per heavy atom. The highest BCUT2D eigenvalue weighted by Crippen LogP contribution is 1.84. The number of thiocarbonyl (C=S) groups is 1. The van der Waals surface area contributed by atoms with Crippen LogP contribution in [0, 0.1) is 22.7 Å². The minimum absolute atomic E-state index is 0.185. The van der Waals surface area contributed by atoms with Crippen LogP contribution in [0.5, 0.6) is 0 Å². The molecule has 0 aliphatic rings. The van der Waals surface area contributed by atoms with Crippen LogP contribution in [-0.2, 0) is 0 Å². The van der Waals surface area contributed by atoms with Gasteiger partial charge in [-0.15, -0.1) is 0 Å². The van der Waals surface area contributed by atoms with Crippen LogP contribution in [0.1, 0.15) is 0 Å². The molecule has 5 heteroatoms. The summed E-state index contributed by atoms with van der Waals surface area (Å²) in [6.45, 7) is 0.701. The summed E-state index contributed by atoms with van der Waals surface area (Å²) in [5.41, 5.74) is 5.22. The molecule has 0 aliphatic heterocycles. The molecular formula is C6H8N4S. The molecule has 0 saturated carbocycles. The van der Waals surface area contributed by atoms with E-state index >= 15 is 0 Å². The lowest BCUT2D eigenvalue weighted by atomic mass is 10.4. The van der Waals surface area contributed by atoms with Crippen LogP contribution < -0.4 is 5.73 Å². The van der Waals surface area contributed by atoms with E-state index in [9.17, 15) is 0 Å². The molecule has 0 saturated heterocycles. The van der Waals surface area contributed by atoms with Crippen molar-refractivity contribution in [3.05, 3.63) is 0 Å². The average molecular weight is 168 g/mol. The van der Waals surface area contributed by atoms with Crippen LogP contribution in [0.25, 0.3) is 0 Å². The third-order valence-electron chi connectivity index (χ3n) is 0.968. The Hall–Kier alpha value is -1.17. The van der Waals surface area contributed by atoms with Crippen molar-refractivity contribution in [1.82, 2.24) is 4.90 Å². The normalized spacial score (nSPS) is 8.64. The molecule has 0 fully saturated rings.